The maximum absolute atomic E-state index is 13.2. The van der Waals surface area contributed by atoms with Gasteiger partial charge in [0.1, 0.15) is 11.5 Å². The third kappa shape index (κ3) is 5.37. The molecule has 3 aromatic rings. The normalized spacial score (nSPS) is 20.2. The van der Waals surface area contributed by atoms with Crippen molar-refractivity contribution in [2.45, 2.75) is 38.5 Å². The number of hydrogen-bond acceptors (Lipinski definition) is 6. The lowest BCUT2D eigenvalue weighted by Crippen LogP contribution is -2.30. The zero-order chi connectivity index (χ0) is 26.9. The van der Waals surface area contributed by atoms with Crippen molar-refractivity contribution in [2.24, 2.45) is 11.1 Å². The number of benzene rings is 2. The summed E-state index contributed by atoms with van der Waals surface area (Å²) in [6.07, 6.45) is 0.750. The number of ether oxygens (including phenoxy) is 1. The standard InChI is InChI=1S/C28H30F3N5O2/c1-18(19-2-4-20(5-3-19)23-12-22(28(29,30)31)7-6-21(23)13-32)34-26(37)24-14-33-15-25(35-24)36-10-8-27(16-36)9-11-38-17-27/h2-7,12,14-15,18H,8-11,13,16-17,32H2,1H3,(H,34,37)/t18-,27?/m1/s1. The quantitative estimate of drug-likeness (QED) is 0.484. The lowest BCUT2D eigenvalue weighted by molar-refractivity contribution is -0.137. The molecule has 2 atom stereocenters. The molecule has 1 aromatic heterocycles. The number of amides is 1. The van der Waals surface area contributed by atoms with Gasteiger partial charge in [-0.05, 0) is 54.2 Å². The van der Waals surface area contributed by atoms with Crippen molar-refractivity contribution < 1.29 is 22.7 Å². The minimum absolute atomic E-state index is 0.119. The highest BCUT2D eigenvalue weighted by Gasteiger charge is 2.41. The van der Waals surface area contributed by atoms with Crippen molar-refractivity contribution in [3.63, 3.8) is 0 Å². The summed E-state index contributed by atoms with van der Waals surface area (Å²) >= 11 is 0. The van der Waals surface area contributed by atoms with E-state index >= 15 is 0 Å². The predicted molar refractivity (Wildman–Crippen MR) is 137 cm³/mol. The Morgan fingerprint density at radius 1 is 1.18 bits per heavy atom. The highest BCUT2D eigenvalue weighted by atomic mass is 19.4. The Kier molecular flexibility index (Phi) is 7.11. The van der Waals surface area contributed by atoms with E-state index in [4.69, 9.17) is 10.5 Å². The van der Waals surface area contributed by atoms with Crippen LogP contribution in [0.3, 0.4) is 0 Å². The van der Waals surface area contributed by atoms with E-state index < -0.39 is 11.7 Å². The molecule has 5 rings (SSSR count). The number of nitrogens with two attached hydrogens (primary N) is 1. The Morgan fingerprint density at radius 3 is 2.66 bits per heavy atom. The minimum atomic E-state index is -4.44. The highest BCUT2D eigenvalue weighted by Crippen LogP contribution is 2.39. The van der Waals surface area contributed by atoms with Gasteiger partial charge in [0.25, 0.3) is 5.91 Å². The summed E-state index contributed by atoms with van der Waals surface area (Å²) in [4.78, 5) is 23.9. The van der Waals surface area contributed by atoms with Gasteiger partial charge in [0, 0.05) is 31.7 Å². The van der Waals surface area contributed by atoms with Crippen LogP contribution in [0, 0.1) is 5.41 Å². The zero-order valence-corrected chi connectivity index (χ0v) is 21.1. The molecular weight excluding hydrogens is 495 g/mol. The SMILES string of the molecule is C[C@@H](NC(=O)c1cncc(N2CCC3(CCOC3)C2)n1)c1ccc(-c2cc(C(F)(F)F)ccc2CN)cc1. The summed E-state index contributed by atoms with van der Waals surface area (Å²) in [5, 5.41) is 2.94. The van der Waals surface area contributed by atoms with Crippen LogP contribution in [0.5, 0.6) is 0 Å². The van der Waals surface area contributed by atoms with Gasteiger partial charge in [-0.15, -0.1) is 0 Å². The zero-order valence-electron chi connectivity index (χ0n) is 21.1. The Balaban J connectivity index is 1.27. The number of hydrogen-bond donors (Lipinski definition) is 2. The molecular formula is C28H30F3N5O2. The van der Waals surface area contributed by atoms with Crippen LogP contribution < -0.4 is 16.0 Å². The fourth-order valence-electron chi connectivity index (χ4n) is 5.22. The number of nitrogens with zero attached hydrogens (tertiary/aromatic N) is 3. The van der Waals surface area contributed by atoms with Gasteiger partial charge in [0.2, 0.25) is 0 Å². The summed E-state index contributed by atoms with van der Waals surface area (Å²) in [7, 11) is 0. The first-order chi connectivity index (χ1) is 18.2. The second-order valence-corrected chi connectivity index (χ2v) is 10.1. The molecule has 2 aliphatic rings. The number of anilines is 1. The molecule has 0 saturated carbocycles. The summed E-state index contributed by atoms with van der Waals surface area (Å²) in [6.45, 7) is 5.19. The van der Waals surface area contributed by atoms with Crippen LogP contribution >= 0.6 is 0 Å². The molecule has 0 bridgehead atoms. The molecule has 10 heteroatoms. The first kappa shape index (κ1) is 26.1. The van der Waals surface area contributed by atoms with Gasteiger partial charge in [-0.1, -0.05) is 30.3 Å². The second-order valence-electron chi connectivity index (χ2n) is 10.1. The van der Waals surface area contributed by atoms with E-state index in [1.807, 2.05) is 6.92 Å². The van der Waals surface area contributed by atoms with Gasteiger partial charge in [0.05, 0.1) is 30.6 Å². The first-order valence-corrected chi connectivity index (χ1v) is 12.6. The summed E-state index contributed by atoms with van der Waals surface area (Å²) < 4.78 is 45.3. The minimum Gasteiger partial charge on any atom is -0.381 e. The maximum atomic E-state index is 13.2. The van der Waals surface area contributed by atoms with Gasteiger partial charge in [-0.3, -0.25) is 9.78 Å². The van der Waals surface area contributed by atoms with E-state index in [1.165, 1.54) is 12.3 Å². The van der Waals surface area contributed by atoms with Gasteiger partial charge in [0.15, 0.2) is 0 Å². The summed E-state index contributed by atoms with van der Waals surface area (Å²) in [5.41, 5.74) is 7.91. The van der Waals surface area contributed by atoms with Crippen LogP contribution in [0.1, 0.15) is 53.0 Å². The molecule has 1 spiro atoms. The smallest absolute Gasteiger partial charge is 0.381 e. The average Bonchev–Trinajstić information content (AvgIpc) is 3.57. The summed E-state index contributed by atoms with van der Waals surface area (Å²) in [6, 6.07) is 10.3. The molecule has 3 N–H and O–H groups in total. The Morgan fingerprint density at radius 2 is 1.97 bits per heavy atom. The molecule has 2 aliphatic heterocycles. The van der Waals surface area contributed by atoms with E-state index in [0.717, 1.165) is 56.8 Å². The highest BCUT2D eigenvalue weighted by molar-refractivity contribution is 5.92. The predicted octanol–water partition coefficient (Wildman–Crippen LogP) is 4.73. The van der Waals surface area contributed by atoms with E-state index in [0.29, 0.717) is 22.5 Å². The molecule has 0 radical (unpaired) electrons. The molecule has 2 saturated heterocycles. The number of alkyl halides is 3. The number of carbonyl (C=O) groups is 1. The monoisotopic (exact) mass is 525 g/mol. The van der Waals surface area contributed by atoms with Gasteiger partial charge in [-0.25, -0.2) is 4.98 Å². The number of halogens is 3. The second kappa shape index (κ2) is 10.3. The Hall–Kier alpha value is -3.50. The van der Waals surface area contributed by atoms with Crippen LogP contribution in [-0.2, 0) is 17.5 Å². The molecule has 1 amide bonds. The van der Waals surface area contributed by atoms with Crippen LogP contribution in [-0.4, -0.2) is 42.2 Å². The molecule has 38 heavy (non-hydrogen) atoms. The largest absolute Gasteiger partial charge is 0.416 e. The third-order valence-corrected chi connectivity index (χ3v) is 7.53. The van der Waals surface area contributed by atoms with Crippen LogP contribution in [0.25, 0.3) is 11.1 Å². The number of aromatic nitrogens is 2. The molecule has 2 fully saturated rings. The molecule has 0 aliphatic carbocycles. The number of carbonyl (C=O) groups excluding carboxylic acids is 1. The molecule has 2 aromatic carbocycles. The van der Waals surface area contributed by atoms with Crippen LogP contribution in [0.4, 0.5) is 19.0 Å². The van der Waals surface area contributed by atoms with Crippen molar-refractivity contribution in [3.05, 3.63) is 77.2 Å². The molecule has 7 nitrogen and oxygen atoms in total. The molecule has 1 unspecified atom stereocenters. The lowest BCUT2D eigenvalue weighted by Gasteiger charge is -2.22. The van der Waals surface area contributed by atoms with E-state index in [2.05, 4.69) is 20.2 Å². The third-order valence-electron chi connectivity index (χ3n) is 7.53. The van der Waals surface area contributed by atoms with Crippen molar-refractivity contribution >= 4 is 11.7 Å². The van der Waals surface area contributed by atoms with Gasteiger partial charge in [-0.2, -0.15) is 13.2 Å². The number of rotatable bonds is 6. The average molecular weight is 526 g/mol. The van der Waals surface area contributed by atoms with Crippen molar-refractivity contribution in [2.75, 3.05) is 31.2 Å². The molecule has 3 heterocycles. The Labute approximate surface area is 219 Å². The van der Waals surface area contributed by atoms with Crippen molar-refractivity contribution in [1.82, 2.24) is 15.3 Å². The fraction of sp³-hybridized carbons (Fsp3) is 0.393. The lowest BCUT2D eigenvalue weighted by atomic mass is 9.87. The van der Waals surface area contributed by atoms with Gasteiger partial charge >= 0.3 is 6.18 Å². The van der Waals surface area contributed by atoms with E-state index in [1.54, 1.807) is 30.5 Å². The topological polar surface area (TPSA) is 93.4 Å². The van der Waals surface area contributed by atoms with E-state index in [9.17, 15) is 18.0 Å². The molecule has 200 valence electrons. The van der Waals surface area contributed by atoms with Crippen LogP contribution in [0.15, 0.2) is 54.9 Å². The number of nitrogens with one attached hydrogen (secondary N) is 1. The van der Waals surface area contributed by atoms with Crippen molar-refractivity contribution in [3.8, 4) is 11.1 Å². The first-order valence-electron chi connectivity index (χ1n) is 12.6. The summed E-state index contributed by atoms with van der Waals surface area (Å²) in [5.74, 6) is 0.326. The van der Waals surface area contributed by atoms with E-state index in [-0.39, 0.29) is 29.6 Å². The van der Waals surface area contributed by atoms with Crippen LogP contribution in [0.2, 0.25) is 0 Å². The maximum Gasteiger partial charge on any atom is 0.416 e. The fourth-order valence-corrected chi connectivity index (χ4v) is 5.22. The van der Waals surface area contributed by atoms with Gasteiger partial charge < -0.3 is 20.7 Å². The Bertz CT molecular complexity index is 1310. The van der Waals surface area contributed by atoms with Crippen molar-refractivity contribution in [1.29, 1.82) is 0 Å².